The van der Waals surface area contributed by atoms with Crippen molar-refractivity contribution in [1.82, 2.24) is 10.2 Å². The summed E-state index contributed by atoms with van der Waals surface area (Å²) in [4.78, 5) is 14.8. The fourth-order valence-electron chi connectivity index (χ4n) is 3.70. The van der Waals surface area contributed by atoms with Gasteiger partial charge in [0.15, 0.2) is 0 Å². The van der Waals surface area contributed by atoms with Gasteiger partial charge in [-0.25, -0.2) is 0 Å². The number of hydrogen-bond acceptors (Lipinski definition) is 4. The Kier molecular flexibility index (Phi) is 6.45. The van der Waals surface area contributed by atoms with Gasteiger partial charge in [-0.15, -0.1) is 0 Å². The second-order valence-corrected chi connectivity index (χ2v) is 6.60. The molecule has 0 spiro atoms. The number of rotatable bonds is 5. The van der Waals surface area contributed by atoms with Crippen LogP contribution in [0.1, 0.15) is 39.5 Å². The van der Waals surface area contributed by atoms with Gasteiger partial charge in [0.05, 0.1) is 13.2 Å². The highest BCUT2D eigenvalue weighted by Crippen LogP contribution is 2.33. The molecule has 1 aliphatic heterocycles. The molecule has 21 heavy (non-hydrogen) atoms. The number of carbonyl (C=O) groups is 1. The maximum absolute atomic E-state index is 12.4. The largest absolute Gasteiger partial charge is 0.378 e. The summed E-state index contributed by atoms with van der Waals surface area (Å²) in [5.74, 6) is 1.35. The van der Waals surface area contributed by atoms with E-state index in [2.05, 4.69) is 24.1 Å². The van der Waals surface area contributed by atoms with Gasteiger partial charge in [0.1, 0.15) is 6.04 Å². The zero-order valence-corrected chi connectivity index (χ0v) is 13.5. The van der Waals surface area contributed by atoms with Crippen LogP contribution in [0, 0.1) is 11.8 Å². The number of morpholine rings is 1. The molecule has 0 bridgehead atoms. The number of hydrogen-bond donors (Lipinski definition) is 2. The standard InChI is InChI=1S/C16H31N3O2/c1-3-6-18-16(20)15-11-21-8-7-19(15)14-9-12(2)4-5-13(14)10-17/h12-15H,3-11,17H2,1-2H3,(H,18,20). The lowest BCUT2D eigenvalue weighted by Gasteiger charge is -2.46. The Bertz CT molecular complexity index is 337. The molecular weight excluding hydrogens is 266 g/mol. The van der Waals surface area contributed by atoms with Gasteiger partial charge < -0.3 is 15.8 Å². The predicted molar refractivity (Wildman–Crippen MR) is 84.0 cm³/mol. The number of nitrogens with two attached hydrogens (primary N) is 1. The van der Waals surface area contributed by atoms with Gasteiger partial charge in [0.25, 0.3) is 0 Å². The van der Waals surface area contributed by atoms with Crippen molar-refractivity contribution in [2.24, 2.45) is 17.6 Å². The molecule has 5 nitrogen and oxygen atoms in total. The fourth-order valence-corrected chi connectivity index (χ4v) is 3.70. The molecule has 1 saturated heterocycles. The summed E-state index contributed by atoms with van der Waals surface area (Å²) >= 11 is 0. The van der Waals surface area contributed by atoms with Crippen LogP contribution < -0.4 is 11.1 Å². The van der Waals surface area contributed by atoms with E-state index in [0.29, 0.717) is 18.6 Å². The third kappa shape index (κ3) is 4.18. The minimum Gasteiger partial charge on any atom is -0.378 e. The molecule has 0 aromatic heterocycles. The van der Waals surface area contributed by atoms with Crippen LogP contribution in [0.5, 0.6) is 0 Å². The van der Waals surface area contributed by atoms with Crippen molar-refractivity contribution in [3.63, 3.8) is 0 Å². The smallest absolute Gasteiger partial charge is 0.239 e. The predicted octanol–water partition coefficient (Wildman–Crippen LogP) is 0.977. The molecule has 4 unspecified atom stereocenters. The third-order valence-electron chi connectivity index (χ3n) is 4.97. The Morgan fingerprint density at radius 1 is 1.43 bits per heavy atom. The molecule has 122 valence electrons. The van der Waals surface area contributed by atoms with Crippen molar-refractivity contribution in [3.05, 3.63) is 0 Å². The molecule has 1 heterocycles. The molecule has 0 aromatic rings. The Morgan fingerprint density at radius 3 is 2.95 bits per heavy atom. The molecule has 2 aliphatic rings. The van der Waals surface area contributed by atoms with Crippen LogP contribution in [-0.4, -0.2) is 55.7 Å². The summed E-state index contributed by atoms with van der Waals surface area (Å²) in [7, 11) is 0. The SMILES string of the molecule is CCCNC(=O)C1COCCN1C1CC(C)CCC1CN. The Morgan fingerprint density at radius 2 is 2.24 bits per heavy atom. The average Bonchev–Trinajstić information content (AvgIpc) is 2.52. The first-order valence-electron chi connectivity index (χ1n) is 8.48. The molecule has 5 heteroatoms. The highest BCUT2D eigenvalue weighted by Gasteiger charge is 2.39. The Balaban J connectivity index is 2.07. The van der Waals surface area contributed by atoms with E-state index in [9.17, 15) is 4.79 Å². The second kappa shape index (κ2) is 8.11. The molecule has 1 aliphatic carbocycles. The normalized spacial score (nSPS) is 34.6. The molecule has 4 atom stereocenters. The van der Waals surface area contributed by atoms with Crippen molar-refractivity contribution in [2.45, 2.75) is 51.6 Å². The Hall–Kier alpha value is -0.650. The lowest BCUT2D eigenvalue weighted by Crippen LogP contribution is -2.60. The van der Waals surface area contributed by atoms with Crippen LogP contribution in [-0.2, 0) is 9.53 Å². The van der Waals surface area contributed by atoms with Crippen LogP contribution in [0.3, 0.4) is 0 Å². The topological polar surface area (TPSA) is 67.6 Å². The fraction of sp³-hybridized carbons (Fsp3) is 0.938. The minimum atomic E-state index is -0.144. The maximum atomic E-state index is 12.4. The Labute approximate surface area is 128 Å². The van der Waals surface area contributed by atoms with E-state index in [-0.39, 0.29) is 11.9 Å². The minimum absolute atomic E-state index is 0.116. The molecule has 2 rings (SSSR count). The molecule has 0 aromatic carbocycles. The second-order valence-electron chi connectivity index (χ2n) is 6.60. The van der Waals surface area contributed by atoms with E-state index in [4.69, 9.17) is 10.5 Å². The van der Waals surface area contributed by atoms with Crippen molar-refractivity contribution in [2.75, 3.05) is 32.8 Å². The summed E-state index contributed by atoms with van der Waals surface area (Å²) < 4.78 is 5.57. The van der Waals surface area contributed by atoms with Crippen LogP contribution in [0.25, 0.3) is 0 Å². The molecule has 2 fully saturated rings. The van der Waals surface area contributed by atoms with E-state index >= 15 is 0 Å². The van der Waals surface area contributed by atoms with Gasteiger partial charge >= 0.3 is 0 Å². The van der Waals surface area contributed by atoms with E-state index in [1.807, 2.05) is 0 Å². The summed E-state index contributed by atoms with van der Waals surface area (Å²) in [5.41, 5.74) is 5.99. The third-order valence-corrected chi connectivity index (χ3v) is 4.97. The molecule has 1 saturated carbocycles. The number of amides is 1. The first kappa shape index (κ1) is 16.7. The van der Waals surface area contributed by atoms with E-state index < -0.39 is 0 Å². The molecule has 3 N–H and O–H groups in total. The summed E-state index contributed by atoms with van der Waals surface area (Å²) in [6.07, 6.45) is 4.56. The van der Waals surface area contributed by atoms with Crippen molar-refractivity contribution < 1.29 is 9.53 Å². The monoisotopic (exact) mass is 297 g/mol. The lowest BCUT2D eigenvalue weighted by atomic mass is 9.77. The van der Waals surface area contributed by atoms with Gasteiger partial charge in [0, 0.05) is 19.1 Å². The van der Waals surface area contributed by atoms with Gasteiger partial charge in [-0.05, 0) is 37.6 Å². The van der Waals surface area contributed by atoms with Crippen LogP contribution in [0.2, 0.25) is 0 Å². The van der Waals surface area contributed by atoms with Crippen LogP contribution >= 0.6 is 0 Å². The molecular formula is C16H31N3O2. The van der Waals surface area contributed by atoms with Gasteiger partial charge in [-0.3, -0.25) is 9.69 Å². The highest BCUT2D eigenvalue weighted by atomic mass is 16.5. The van der Waals surface area contributed by atoms with Crippen molar-refractivity contribution >= 4 is 5.91 Å². The first-order valence-corrected chi connectivity index (χ1v) is 8.48. The average molecular weight is 297 g/mol. The molecule has 1 amide bonds. The number of carbonyl (C=O) groups excluding carboxylic acids is 1. The zero-order chi connectivity index (χ0) is 15.2. The van der Waals surface area contributed by atoms with Crippen molar-refractivity contribution in [1.29, 1.82) is 0 Å². The van der Waals surface area contributed by atoms with E-state index in [1.165, 1.54) is 12.8 Å². The summed E-state index contributed by atoms with van der Waals surface area (Å²) in [6, 6.07) is 0.287. The van der Waals surface area contributed by atoms with Crippen LogP contribution in [0.4, 0.5) is 0 Å². The van der Waals surface area contributed by atoms with E-state index in [0.717, 1.165) is 45.0 Å². The maximum Gasteiger partial charge on any atom is 0.239 e. The number of ether oxygens (including phenoxy) is 1. The van der Waals surface area contributed by atoms with Crippen molar-refractivity contribution in [3.8, 4) is 0 Å². The van der Waals surface area contributed by atoms with Gasteiger partial charge in [0.2, 0.25) is 5.91 Å². The highest BCUT2D eigenvalue weighted by molar-refractivity contribution is 5.82. The summed E-state index contributed by atoms with van der Waals surface area (Å²) in [6.45, 7) is 7.92. The van der Waals surface area contributed by atoms with Crippen LogP contribution in [0.15, 0.2) is 0 Å². The van der Waals surface area contributed by atoms with Gasteiger partial charge in [-0.2, -0.15) is 0 Å². The summed E-state index contributed by atoms with van der Waals surface area (Å²) in [5, 5.41) is 3.02. The van der Waals surface area contributed by atoms with E-state index in [1.54, 1.807) is 0 Å². The van der Waals surface area contributed by atoms with Gasteiger partial charge in [-0.1, -0.05) is 20.3 Å². The first-order chi connectivity index (χ1) is 10.2. The zero-order valence-electron chi connectivity index (χ0n) is 13.5. The lowest BCUT2D eigenvalue weighted by molar-refractivity contribution is -0.137. The number of nitrogens with zero attached hydrogens (tertiary/aromatic N) is 1. The number of nitrogens with one attached hydrogen (secondary N) is 1. The quantitative estimate of drug-likeness (QED) is 0.794. The molecule has 0 radical (unpaired) electrons.